The van der Waals surface area contributed by atoms with E-state index in [-0.39, 0.29) is 17.5 Å². The summed E-state index contributed by atoms with van der Waals surface area (Å²) in [5.74, 6) is -0.0216. The molecule has 0 saturated carbocycles. The fraction of sp³-hybridized carbons (Fsp3) is 0.526. The number of carbonyl (C=O) groups excluding carboxylic acids is 3. The number of amides is 1. The van der Waals surface area contributed by atoms with Crippen molar-refractivity contribution in [2.45, 2.75) is 60.3 Å². The Morgan fingerprint density at radius 3 is 2.17 bits per heavy atom. The molecule has 0 bridgehead atoms. The van der Waals surface area contributed by atoms with Gasteiger partial charge >= 0.3 is 0 Å². The SMILES string of the molecule is CC(=O)NCCCCC(C)=CCC1=C(C)C(=O)C(C)=C(C)C1=O. The van der Waals surface area contributed by atoms with E-state index in [1.54, 1.807) is 20.8 Å². The number of rotatable bonds is 7. The van der Waals surface area contributed by atoms with Gasteiger partial charge in [0.2, 0.25) is 5.91 Å². The van der Waals surface area contributed by atoms with E-state index in [0.29, 0.717) is 35.3 Å². The van der Waals surface area contributed by atoms with Crippen molar-refractivity contribution in [2.24, 2.45) is 0 Å². The van der Waals surface area contributed by atoms with Gasteiger partial charge in [-0.3, -0.25) is 14.4 Å². The van der Waals surface area contributed by atoms with E-state index < -0.39 is 0 Å². The van der Waals surface area contributed by atoms with Gasteiger partial charge in [-0.05, 0) is 53.4 Å². The van der Waals surface area contributed by atoms with Crippen LogP contribution >= 0.6 is 0 Å². The standard InChI is InChI=1S/C19H27NO3/c1-12(8-6-7-11-20-16(5)21)9-10-17-15(4)18(22)13(2)14(3)19(17)23/h9H,6-8,10-11H2,1-5H3,(H,20,21). The zero-order valence-electron chi connectivity index (χ0n) is 14.8. The van der Waals surface area contributed by atoms with Crippen molar-refractivity contribution < 1.29 is 14.4 Å². The molecule has 0 aromatic heterocycles. The van der Waals surface area contributed by atoms with Crippen LogP contribution in [0.3, 0.4) is 0 Å². The average Bonchev–Trinajstić information content (AvgIpc) is 2.50. The summed E-state index contributed by atoms with van der Waals surface area (Å²) in [4.78, 5) is 35.2. The van der Waals surface area contributed by atoms with E-state index >= 15 is 0 Å². The van der Waals surface area contributed by atoms with Crippen LogP contribution in [0.25, 0.3) is 0 Å². The smallest absolute Gasteiger partial charge is 0.216 e. The summed E-state index contributed by atoms with van der Waals surface area (Å²) >= 11 is 0. The summed E-state index contributed by atoms with van der Waals surface area (Å²) in [5, 5.41) is 2.78. The van der Waals surface area contributed by atoms with Crippen LogP contribution in [-0.2, 0) is 14.4 Å². The predicted molar refractivity (Wildman–Crippen MR) is 92.0 cm³/mol. The lowest BCUT2D eigenvalue weighted by Gasteiger charge is -2.17. The Balaban J connectivity index is 2.57. The van der Waals surface area contributed by atoms with Crippen molar-refractivity contribution >= 4 is 17.5 Å². The van der Waals surface area contributed by atoms with Crippen LogP contribution in [0, 0.1) is 0 Å². The lowest BCUT2D eigenvalue weighted by atomic mass is 9.84. The van der Waals surface area contributed by atoms with Gasteiger partial charge in [-0.1, -0.05) is 11.6 Å². The number of unbranched alkanes of at least 4 members (excludes halogenated alkanes) is 1. The molecule has 0 fully saturated rings. The molecular formula is C19H27NO3. The summed E-state index contributed by atoms with van der Waals surface area (Å²) in [6, 6.07) is 0. The highest BCUT2D eigenvalue weighted by Gasteiger charge is 2.26. The third kappa shape index (κ3) is 5.31. The van der Waals surface area contributed by atoms with Gasteiger partial charge in [0.25, 0.3) is 0 Å². The molecule has 1 aliphatic rings. The molecule has 1 aliphatic carbocycles. The Labute approximate surface area is 138 Å². The largest absolute Gasteiger partial charge is 0.356 e. The number of carbonyl (C=O) groups is 3. The number of hydrogen-bond donors (Lipinski definition) is 1. The van der Waals surface area contributed by atoms with Crippen molar-refractivity contribution in [3.63, 3.8) is 0 Å². The van der Waals surface area contributed by atoms with Crippen LogP contribution in [0.4, 0.5) is 0 Å². The first kappa shape index (κ1) is 19.1. The van der Waals surface area contributed by atoms with Gasteiger partial charge in [-0.25, -0.2) is 0 Å². The topological polar surface area (TPSA) is 63.2 Å². The third-order valence-corrected chi connectivity index (χ3v) is 4.34. The summed E-state index contributed by atoms with van der Waals surface area (Å²) in [5.41, 5.74) is 3.53. The Kier molecular flexibility index (Phi) is 7.14. The van der Waals surface area contributed by atoms with E-state index in [9.17, 15) is 14.4 Å². The minimum absolute atomic E-state index is 0.00104. The molecule has 126 valence electrons. The van der Waals surface area contributed by atoms with E-state index in [2.05, 4.69) is 5.32 Å². The van der Waals surface area contributed by atoms with Crippen LogP contribution in [0.15, 0.2) is 33.9 Å². The second-order valence-electron chi connectivity index (χ2n) is 6.21. The number of allylic oxidation sites excluding steroid dienone is 6. The van der Waals surface area contributed by atoms with Gasteiger partial charge in [0.05, 0.1) is 0 Å². The second-order valence-corrected chi connectivity index (χ2v) is 6.21. The molecule has 0 spiro atoms. The van der Waals surface area contributed by atoms with E-state index in [4.69, 9.17) is 0 Å². The lowest BCUT2D eigenvalue weighted by Crippen LogP contribution is -2.20. The first-order chi connectivity index (χ1) is 10.8. The van der Waals surface area contributed by atoms with Crippen molar-refractivity contribution in [3.8, 4) is 0 Å². The fourth-order valence-electron chi connectivity index (χ4n) is 2.57. The lowest BCUT2D eigenvalue weighted by molar-refractivity contribution is -0.119. The maximum absolute atomic E-state index is 12.3. The number of hydrogen-bond acceptors (Lipinski definition) is 3. The van der Waals surface area contributed by atoms with Crippen molar-refractivity contribution in [2.75, 3.05) is 6.54 Å². The van der Waals surface area contributed by atoms with Crippen molar-refractivity contribution in [1.82, 2.24) is 5.32 Å². The molecule has 0 aromatic carbocycles. The number of Topliss-reactive ketones (excluding diaryl/α,β-unsaturated/α-hetero) is 2. The Hall–Kier alpha value is -1.97. The Morgan fingerprint density at radius 1 is 0.957 bits per heavy atom. The highest BCUT2D eigenvalue weighted by Crippen LogP contribution is 2.26. The van der Waals surface area contributed by atoms with Gasteiger partial charge < -0.3 is 5.32 Å². The zero-order chi connectivity index (χ0) is 17.6. The maximum atomic E-state index is 12.3. The van der Waals surface area contributed by atoms with Crippen LogP contribution < -0.4 is 5.32 Å². The summed E-state index contributed by atoms with van der Waals surface area (Å²) in [6.45, 7) is 9.43. The van der Waals surface area contributed by atoms with Crippen LogP contribution in [0.2, 0.25) is 0 Å². The van der Waals surface area contributed by atoms with Gasteiger partial charge in [-0.15, -0.1) is 0 Å². The van der Waals surface area contributed by atoms with Gasteiger partial charge in [0, 0.05) is 35.8 Å². The molecule has 23 heavy (non-hydrogen) atoms. The molecule has 0 unspecified atom stereocenters. The third-order valence-electron chi connectivity index (χ3n) is 4.34. The first-order valence-electron chi connectivity index (χ1n) is 8.12. The molecule has 0 aliphatic heterocycles. The molecule has 4 nitrogen and oxygen atoms in total. The molecule has 4 heteroatoms. The Bertz CT molecular complexity index is 606. The van der Waals surface area contributed by atoms with Gasteiger partial charge in [-0.2, -0.15) is 0 Å². The predicted octanol–water partition coefficient (Wildman–Crippen LogP) is 3.43. The first-order valence-corrected chi connectivity index (χ1v) is 8.12. The molecule has 0 radical (unpaired) electrons. The van der Waals surface area contributed by atoms with E-state index in [1.807, 2.05) is 13.0 Å². The molecule has 0 saturated heterocycles. The average molecular weight is 317 g/mol. The number of nitrogens with one attached hydrogen (secondary N) is 1. The van der Waals surface area contributed by atoms with Crippen LogP contribution in [0.5, 0.6) is 0 Å². The summed E-state index contributed by atoms with van der Waals surface area (Å²) in [7, 11) is 0. The molecular weight excluding hydrogens is 290 g/mol. The highest BCUT2D eigenvalue weighted by molar-refractivity contribution is 6.24. The molecule has 1 N–H and O–H groups in total. The zero-order valence-corrected chi connectivity index (χ0v) is 14.8. The van der Waals surface area contributed by atoms with Crippen LogP contribution in [-0.4, -0.2) is 24.0 Å². The summed E-state index contributed by atoms with van der Waals surface area (Å²) in [6.07, 6.45) is 5.41. The van der Waals surface area contributed by atoms with Crippen LogP contribution in [0.1, 0.15) is 60.3 Å². The minimum atomic E-state index is -0.0153. The van der Waals surface area contributed by atoms with E-state index in [0.717, 1.165) is 19.3 Å². The Morgan fingerprint density at radius 2 is 1.57 bits per heavy atom. The minimum Gasteiger partial charge on any atom is -0.356 e. The number of ketones is 2. The molecule has 0 heterocycles. The van der Waals surface area contributed by atoms with Crippen molar-refractivity contribution in [3.05, 3.63) is 33.9 Å². The monoisotopic (exact) mass is 317 g/mol. The summed E-state index contributed by atoms with van der Waals surface area (Å²) < 4.78 is 0. The van der Waals surface area contributed by atoms with E-state index in [1.165, 1.54) is 12.5 Å². The molecule has 0 atom stereocenters. The molecule has 1 rings (SSSR count). The molecule has 0 aromatic rings. The quantitative estimate of drug-likeness (QED) is 0.444. The van der Waals surface area contributed by atoms with Gasteiger partial charge in [0.1, 0.15) is 0 Å². The van der Waals surface area contributed by atoms with Gasteiger partial charge in [0.15, 0.2) is 11.6 Å². The maximum Gasteiger partial charge on any atom is 0.216 e. The van der Waals surface area contributed by atoms with Crippen molar-refractivity contribution in [1.29, 1.82) is 0 Å². The normalized spacial score (nSPS) is 16.3. The highest BCUT2D eigenvalue weighted by atomic mass is 16.1. The molecule has 1 amide bonds. The second kappa shape index (κ2) is 8.61. The fourth-order valence-corrected chi connectivity index (χ4v) is 2.57.